The van der Waals surface area contributed by atoms with Crippen LogP contribution < -0.4 is 5.32 Å². The number of fused-ring (bicyclic) bond motifs is 2. The minimum Gasteiger partial charge on any atom is -0.365 e. The Morgan fingerprint density at radius 3 is 2.73 bits per heavy atom. The average Bonchev–Trinajstić information content (AvgIpc) is 3.17. The lowest BCUT2D eigenvalue weighted by molar-refractivity contribution is -0.137. The van der Waals surface area contributed by atoms with E-state index in [9.17, 15) is 9.59 Å². The minimum atomic E-state index is -0.433. The van der Waals surface area contributed by atoms with Gasteiger partial charge >= 0.3 is 0 Å². The molecule has 0 radical (unpaired) electrons. The van der Waals surface area contributed by atoms with Gasteiger partial charge in [0.05, 0.1) is 6.10 Å². The molecule has 30 heavy (non-hydrogen) atoms. The molecule has 1 N–H and O–H groups in total. The van der Waals surface area contributed by atoms with Crippen molar-refractivity contribution in [1.29, 1.82) is 0 Å². The number of hydrogen-bond donors (Lipinski definition) is 1. The summed E-state index contributed by atoms with van der Waals surface area (Å²) in [5.74, 6) is 0.731. The van der Waals surface area contributed by atoms with E-state index < -0.39 is 6.10 Å². The van der Waals surface area contributed by atoms with Gasteiger partial charge in [-0.2, -0.15) is 0 Å². The SMILES string of the molecule is C[C@@H]1CCC[C@H](O[C@H](C)C(=O)NC[C@H]2CN(C(=O)c3ccccc3)[C@H]3CCN2C3)C1. The number of ether oxygens (including phenoxy) is 1. The van der Waals surface area contributed by atoms with Crippen LogP contribution >= 0.6 is 0 Å². The van der Waals surface area contributed by atoms with Gasteiger partial charge in [0.1, 0.15) is 6.10 Å². The molecule has 1 saturated carbocycles. The maximum absolute atomic E-state index is 13.0. The molecule has 164 valence electrons. The molecule has 3 aliphatic rings. The molecule has 0 spiro atoms. The quantitative estimate of drug-likeness (QED) is 0.779. The molecule has 6 nitrogen and oxygen atoms in total. The molecule has 1 unspecified atom stereocenters. The minimum absolute atomic E-state index is 0.0458. The maximum atomic E-state index is 13.0. The number of rotatable bonds is 6. The number of carbonyl (C=O) groups is 2. The molecule has 2 saturated heterocycles. The van der Waals surface area contributed by atoms with Crippen LogP contribution in [0.5, 0.6) is 0 Å². The van der Waals surface area contributed by atoms with Gasteiger partial charge in [0.2, 0.25) is 5.91 Å². The molecule has 3 fully saturated rings. The monoisotopic (exact) mass is 413 g/mol. The van der Waals surface area contributed by atoms with Gasteiger partial charge in [0.25, 0.3) is 5.91 Å². The Kier molecular flexibility index (Phi) is 6.74. The predicted octanol–water partition coefficient (Wildman–Crippen LogP) is 2.69. The van der Waals surface area contributed by atoms with E-state index in [1.807, 2.05) is 42.2 Å². The maximum Gasteiger partial charge on any atom is 0.254 e. The van der Waals surface area contributed by atoms with Crippen molar-refractivity contribution in [2.24, 2.45) is 5.92 Å². The first-order valence-corrected chi connectivity index (χ1v) is 11.5. The molecular formula is C24H35N3O3. The van der Waals surface area contributed by atoms with Crippen LogP contribution in [-0.4, -0.2) is 72.1 Å². The zero-order valence-electron chi connectivity index (χ0n) is 18.3. The van der Waals surface area contributed by atoms with E-state index in [0.717, 1.165) is 37.9 Å². The lowest BCUT2D eigenvalue weighted by atomic mass is 9.88. The van der Waals surface area contributed by atoms with E-state index in [4.69, 9.17) is 4.74 Å². The summed E-state index contributed by atoms with van der Waals surface area (Å²) in [7, 11) is 0. The number of carbonyl (C=O) groups excluding carboxylic acids is 2. The molecule has 6 heteroatoms. The second-order valence-electron chi connectivity index (χ2n) is 9.33. The summed E-state index contributed by atoms with van der Waals surface area (Å²) in [6.45, 7) is 7.20. The highest BCUT2D eigenvalue weighted by Gasteiger charge is 2.41. The molecule has 2 aliphatic heterocycles. The molecule has 6 atom stereocenters. The molecule has 1 aromatic carbocycles. The molecule has 1 aliphatic carbocycles. The first kappa shape index (κ1) is 21.3. The molecule has 4 rings (SSSR count). The summed E-state index contributed by atoms with van der Waals surface area (Å²) in [6.07, 6.45) is 5.31. The third-order valence-electron chi connectivity index (χ3n) is 7.01. The van der Waals surface area contributed by atoms with Crippen LogP contribution in [0, 0.1) is 5.92 Å². The van der Waals surface area contributed by atoms with Crippen molar-refractivity contribution in [3.8, 4) is 0 Å². The van der Waals surface area contributed by atoms with Crippen molar-refractivity contribution >= 4 is 11.8 Å². The van der Waals surface area contributed by atoms with E-state index in [0.29, 0.717) is 19.0 Å². The lowest BCUT2D eigenvalue weighted by Crippen LogP contribution is -2.58. The largest absolute Gasteiger partial charge is 0.365 e. The fourth-order valence-electron chi connectivity index (χ4n) is 5.25. The van der Waals surface area contributed by atoms with Crippen molar-refractivity contribution in [3.63, 3.8) is 0 Å². The summed E-state index contributed by atoms with van der Waals surface area (Å²) in [5.41, 5.74) is 0.740. The average molecular weight is 414 g/mol. The van der Waals surface area contributed by atoms with Gasteiger partial charge in [0, 0.05) is 43.8 Å². The van der Waals surface area contributed by atoms with Gasteiger partial charge in [0.15, 0.2) is 0 Å². The number of piperazine rings is 1. The second-order valence-corrected chi connectivity index (χ2v) is 9.33. The highest BCUT2D eigenvalue weighted by atomic mass is 16.5. The van der Waals surface area contributed by atoms with Gasteiger partial charge in [-0.3, -0.25) is 14.5 Å². The van der Waals surface area contributed by atoms with Crippen LogP contribution in [-0.2, 0) is 9.53 Å². The number of amides is 2. The van der Waals surface area contributed by atoms with Crippen LogP contribution in [0.2, 0.25) is 0 Å². The summed E-state index contributed by atoms with van der Waals surface area (Å²) in [4.78, 5) is 30.1. The second kappa shape index (κ2) is 9.48. The summed E-state index contributed by atoms with van der Waals surface area (Å²) in [5, 5.41) is 3.09. The lowest BCUT2D eigenvalue weighted by Gasteiger charge is -2.40. The van der Waals surface area contributed by atoms with Crippen molar-refractivity contribution in [2.45, 2.75) is 70.2 Å². The fraction of sp³-hybridized carbons (Fsp3) is 0.667. The van der Waals surface area contributed by atoms with E-state index >= 15 is 0 Å². The number of hydrogen-bond acceptors (Lipinski definition) is 4. The fourth-order valence-corrected chi connectivity index (χ4v) is 5.25. The summed E-state index contributed by atoms with van der Waals surface area (Å²) < 4.78 is 6.05. The Hall–Kier alpha value is -1.92. The van der Waals surface area contributed by atoms with Gasteiger partial charge in [-0.25, -0.2) is 0 Å². The molecule has 1 aromatic rings. The van der Waals surface area contributed by atoms with Crippen LogP contribution in [0.15, 0.2) is 30.3 Å². The summed E-state index contributed by atoms with van der Waals surface area (Å²) >= 11 is 0. The first-order chi connectivity index (χ1) is 14.5. The Morgan fingerprint density at radius 2 is 1.97 bits per heavy atom. The number of nitrogens with zero attached hydrogens (tertiary/aromatic N) is 2. The Labute approximate surface area is 179 Å². The van der Waals surface area contributed by atoms with Crippen molar-refractivity contribution in [2.75, 3.05) is 26.2 Å². The van der Waals surface area contributed by atoms with E-state index in [2.05, 4.69) is 17.1 Å². The van der Waals surface area contributed by atoms with Crippen LogP contribution in [0.4, 0.5) is 0 Å². The molecule has 2 heterocycles. The molecule has 0 aromatic heterocycles. The number of benzene rings is 1. The molecular weight excluding hydrogens is 378 g/mol. The Balaban J connectivity index is 1.30. The van der Waals surface area contributed by atoms with Crippen molar-refractivity contribution < 1.29 is 14.3 Å². The zero-order valence-corrected chi connectivity index (χ0v) is 18.3. The standard InChI is InChI=1S/C24H35N3O3/c1-17-7-6-10-22(13-17)30-18(2)23(28)25-14-21-16-27(20-11-12-26(21)15-20)24(29)19-8-4-3-5-9-19/h3-5,8-9,17-18,20-22H,6-7,10-16H2,1-2H3,(H,25,28)/t17-,18-,20+,21+,22+/m1/s1. The topological polar surface area (TPSA) is 61.9 Å². The zero-order chi connectivity index (χ0) is 21.1. The van der Waals surface area contributed by atoms with Crippen LogP contribution in [0.25, 0.3) is 0 Å². The van der Waals surface area contributed by atoms with Crippen molar-refractivity contribution in [1.82, 2.24) is 15.1 Å². The third-order valence-corrected chi connectivity index (χ3v) is 7.01. The van der Waals surface area contributed by atoms with E-state index in [-0.39, 0.29) is 30.0 Å². The van der Waals surface area contributed by atoms with Crippen LogP contribution in [0.1, 0.15) is 56.3 Å². The normalized spacial score (nSPS) is 31.9. The summed E-state index contributed by atoms with van der Waals surface area (Å²) in [6, 6.07) is 9.94. The highest BCUT2D eigenvalue weighted by molar-refractivity contribution is 5.94. The first-order valence-electron chi connectivity index (χ1n) is 11.5. The predicted molar refractivity (Wildman–Crippen MR) is 116 cm³/mol. The smallest absolute Gasteiger partial charge is 0.254 e. The Morgan fingerprint density at radius 1 is 1.17 bits per heavy atom. The van der Waals surface area contributed by atoms with Gasteiger partial charge in [-0.05, 0) is 44.2 Å². The Bertz CT molecular complexity index is 740. The van der Waals surface area contributed by atoms with Gasteiger partial charge in [-0.1, -0.05) is 38.0 Å². The third kappa shape index (κ3) is 4.86. The van der Waals surface area contributed by atoms with E-state index in [1.165, 1.54) is 12.8 Å². The molecule has 2 bridgehead atoms. The number of nitrogens with one attached hydrogen (secondary N) is 1. The van der Waals surface area contributed by atoms with E-state index in [1.54, 1.807) is 0 Å². The highest BCUT2D eigenvalue weighted by Crippen LogP contribution is 2.27. The molecule has 2 amide bonds. The van der Waals surface area contributed by atoms with Crippen LogP contribution in [0.3, 0.4) is 0 Å². The van der Waals surface area contributed by atoms with Gasteiger partial charge in [-0.15, -0.1) is 0 Å². The van der Waals surface area contributed by atoms with Crippen molar-refractivity contribution in [3.05, 3.63) is 35.9 Å². The van der Waals surface area contributed by atoms with Gasteiger partial charge < -0.3 is 15.0 Å².